The van der Waals surface area contributed by atoms with Gasteiger partial charge in [0.2, 0.25) is 0 Å². The summed E-state index contributed by atoms with van der Waals surface area (Å²) in [6, 6.07) is -0.441. The Balaban J connectivity index is 4.25. The van der Waals surface area contributed by atoms with Gasteiger partial charge in [0.15, 0.2) is 5.88 Å². The molecule has 0 rings (SSSR count). The van der Waals surface area contributed by atoms with Gasteiger partial charge in [-0.05, 0) is 45.9 Å². The summed E-state index contributed by atoms with van der Waals surface area (Å²) in [4.78, 5) is 11.7. The van der Waals surface area contributed by atoms with Gasteiger partial charge in [-0.15, -0.1) is 6.58 Å². The first kappa shape index (κ1) is 18.9. The van der Waals surface area contributed by atoms with E-state index in [1.54, 1.807) is 11.8 Å². The molecule has 0 heterocycles. The molecule has 20 heavy (non-hydrogen) atoms. The molecule has 5 heteroatoms. The van der Waals surface area contributed by atoms with Gasteiger partial charge < -0.3 is 14.8 Å². The number of carbonyl (C=O) groups excluding carboxylic acids is 1. The standard InChI is InChI=1S/C15H27NO3S/c1-7-8-9-10-20-11-13(14(17)18-6)16-12(2)19-15(3,4)5/h7,13,16H,1-2,8-11H2,3-6H3. The van der Waals surface area contributed by atoms with Gasteiger partial charge in [0.25, 0.3) is 0 Å². The van der Waals surface area contributed by atoms with Crippen LogP contribution in [-0.4, -0.2) is 36.2 Å². The Hall–Kier alpha value is -1.10. The van der Waals surface area contributed by atoms with Crippen LogP contribution in [0.15, 0.2) is 25.1 Å². The molecule has 0 fully saturated rings. The van der Waals surface area contributed by atoms with Crippen molar-refractivity contribution in [3.05, 3.63) is 25.1 Å². The molecule has 0 radical (unpaired) electrons. The predicted octanol–water partition coefficient (Wildman–Crippen LogP) is 3.10. The first-order valence-electron chi connectivity index (χ1n) is 6.71. The van der Waals surface area contributed by atoms with Crippen LogP contribution < -0.4 is 5.32 Å². The summed E-state index contributed by atoms with van der Waals surface area (Å²) in [6.07, 6.45) is 3.94. The van der Waals surface area contributed by atoms with E-state index in [-0.39, 0.29) is 11.6 Å². The van der Waals surface area contributed by atoms with Crippen molar-refractivity contribution in [2.24, 2.45) is 0 Å². The number of thioether (sulfide) groups is 1. The maximum Gasteiger partial charge on any atom is 0.329 e. The molecule has 0 amide bonds. The second-order valence-corrected chi connectivity index (χ2v) is 6.51. The Labute approximate surface area is 127 Å². The number of ether oxygens (including phenoxy) is 2. The minimum Gasteiger partial charge on any atom is -0.474 e. The SMILES string of the molecule is C=CCCCSCC(NC(=C)OC(C)(C)C)C(=O)OC. The highest BCUT2D eigenvalue weighted by Gasteiger charge is 2.21. The lowest BCUT2D eigenvalue weighted by Gasteiger charge is -2.26. The Kier molecular flexibility index (Phi) is 9.21. The Morgan fingerprint density at radius 2 is 2.10 bits per heavy atom. The predicted molar refractivity (Wildman–Crippen MR) is 85.7 cm³/mol. The lowest BCUT2D eigenvalue weighted by atomic mass is 10.2. The van der Waals surface area contributed by atoms with E-state index < -0.39 is 6.04 Å². The number of allylic oxidation sites excluding steroid dienone is 1. The maximum atomic E-state index is 11.7. The third-order valence-electron chi connectivity index (χ3n) is 2.23. The van der Waals surface area contributed by atoms with Crippen molar-refractivity contribution in [3.63, 3.8) is 0 Å². The molecule has 0 saturated carbocycles. The number of nitrogens with one attached hydrogen (secondary N) is 1. The van der Waals surface area contributed by atoms with E-state index in [4.69, 9.17) is 9.47 Å². The van der Waals surface area contributed by atoms with Crippen molar-refractivity contribution in [2.75, 3.05) is 18.6 Å². The minimum absolute atomic E-state index is 0.306. The van der Waals surface area contributed by atoms with E-state index in [1.807, 2.05) is 26.8 Å². The van der Waals surface area contributed by atoms with Crippen LogP contribution in [-0.2, 0) is 14.3 Å². The molecule has 0 aromatic carbocycles. The van der Waals surface area contributed by atoms with Gasteiger partial charge in [-0.3, -0.25) is 0 Å². The van der Waals surface area contributed by atoms with Crippen LogP contribution in [0.3, 0.4) is 0 Å². The van der Waals surface area contributed by atoms with Crippen molar-refractivity contribution in [2.45, 2.75) is 45.3 Å². The molecule has 0 saturated heterocycles. The highest BCUT2D eigenvalue weighted by atomic mass is 32.2. The van der Waals surface area contributed by atoms with E-state index in [2.05, 4.69) is 18.5 Å². The fourth-order valence-electron chi connectivity index (χ4n) is 1.44. The van der Waals surface area contributed by atoms with E-state index in [1.165, 1.54) is 7.11 Å². The van der Waals surface area contributed by atoms with Crippen molar-refractivity contribution >= 4 is 17.7 Å². The number of methoxy groups -OCH3 is 1. The molecule has 0 aliphatic rings. The van der Waals surface area contributed by atoms with E-state index >= 15 is 0 Å². The second kappa shape index (κ2) is 9.75. The number of hydrogen-bond acceptors (Lipinski definition) is 5. The average Bonchev–Trinajstić information content (AvgIpc) is 2.34. The van der Waals surface area contributed by atoms with E-state index in [9.17, 15) is 4.79 Å². The van der Waals surface area contributed by atoms with Gasteiger partial charge in [-0.25, -0.2) is 4.79 Å². The monoisotopic (exact) mass is 301 g/mol. The van der Waals surface area contributed by atoms with Crippen molar-refractivity contribution in [3.8, 4) is 0 Å². The summed E-state index contributed by atoms with van der Waals surface area (Å²) in [7, 11) is 1.38. The molecule has 1 atom stereocenters. The summed E-state index contributed by atoms with van der Waals surface area (Å²) < 4.78 is 10.4. The summed E-state index contributed by atoms with van der Waals surface area (Å²) in [5, 5.41) is 2.98. The highest BCUT2D eigenvalue weighted by Crippen LogP contribution is 2.13. The summed E-state index contributed by atoms with van der Waals surface area (Å²) in [5.41, 5.74) is -0.345. The normalized spacial score (nSPS) is 12.4. The molecule has 1 unspecified atom stereocenters. The number of unbranched alkanes of at least 4 members (excludes halogenated alkanes) is 1. The largest absolute Gasteiger partial charge is 0.474 e. The number of carbonyl (C=O) groups is 1. The van der Waals surface area contributed by atoms with Crippen LogP contribution in [0, 0.1) is 0 Å². The zero-order valence-corrected chi connectivity index (χ0v) is 13.8. The number of hydrogen-bond donors (Lipinski definition) is 1. The lowest BCUT2D eigenvalue weighted by molar-refractivity contribution is -0.142. The molecule has 1 N–H and O–H groups in total. The summed E-state index contributed by atoms with van der Waals surface area (Å²) in [5.74, 6) is 1.68. The van der Waals surface area contributed by atoms with Crippen LogP contribution in [0.5, 0.6) is 0 Å². The van der Waals surface area contributed by atoms with Gasteiger partial charge in [0.1, 0.15) is 11.6 Å². The third-order valence-corrected chi connectivity index (χ3v) is 3.38. The molecule has 0 aliphatic carbocycles. The molecular weight excluding hydrogens is 274 g/mol. The molecule has 0 aromatic rings. The van der Waals surface area contributed by atoms with Crippen LogP contribution >= 0.6 is 11.8 Å². The lowest BCUT2D eigenvalue weighted by Crippen LogP contribution is -2.41. The summed E-state index contributed by atoms with van der Waals surface area (Å²) >= 11 is 1.70. The van der Waals surface area contributed by atoms with E-state index in [0.29, 0.717) is 11.6 Å². The molecule has 0 spiro atoms. The molecule has 0 aromatic heterocycles. The highest BCUT2D eigenvalue weighted by molar-refractivity contribution is 7.99. The topological polar surface area (TPSA) is 47.6 Å². The Morgan fingerprint density at radius 3 is 2.60 bits per heavy atom. The first-order valence-corrected chi connectivity index (χ1v) is 7.86. The van der Waals surface area contributed by atoms with Gasteiger partial charge in [-0.1, -0.05) is 6.08 Å². The van der Waals surface area contributed by atoms with Crippen molar-refractivity contribution in [1.29, 1.82) is 0 Å². The fourth-order valence-corrected chi connectivity index (χ4v) is 2.43. The van der Waals surface area contributed by atoms with Crippen LogP contribution in [0.2, 0.25) is 0 Å². The average molecular weight is 301 g/mol. The Morgan fingerprint density at radius 1 is 1.45 bits per heavy atom. The van der Waals surface area contributed by atoms with Crippen LogP contribution in [0.4, 0.5) is 0 Å². The third kappa shape index (κ3) is 9.78. The smallest absolute Gasteiger partial charge is 0.329 e. The number of rotatable bonds is 10. The second-order valence-electron chi connectivity index (χ2n) is 5.36. The molecule has 0 bridgehead atoms. The quantitative estimate of drug-likeness (QED) is 0.291. The molecule has 4 nitrogen and oxygen atoms in total. The first-order chi connectivity index (χ1) is 9.30. The van der Waals surface area contributed by atoms with E-state index in [0.717, 1.165) is 18.6 Å². The zero-order valence-electron chi connectivity index (χ0n) is 13.0. The molecular formula is C15H27NO3S. The molecule has 116 valence electrons. The van der Waals surface area contributed by atoms with Gasteiger partial charge in [-0.2, -0.15) is 11.8 Å². The van der Waals surface area contributed by atoms with Crippen molar-refractivity contribution in [1.82, 2.24) is 5.32 Å². The van der Waals surface area contributed by atoms with Gasteiger partial charge in [0.05, 0.1) is 7.11 Å². The van der Waals surface area contributed by atoms with Crippen LogP contribution in [0.25, 0.3) is 0 Å². The van der Waals surface area contributed by atoms with Crippen molar-refractivity contribution < 1.29 is 14.3 Å². The minimum atomic E-state index is -0.441. The number of esters is 1. The maximum absolute atomic E-state index is 11.7. The fraction of sp³-hybridized carbons (Fsp3) is 0.667. The van der Waals surface area contributed by atoms with Crippen LogP contribution in [0.1, 0.15) is 33.6 Å². The Bertz CT molecular complexity index is 324. The molecule has 0 aliphatic heterocycles. The van der Waals surface area contributed by atoms with Gasteiger partial charge in [0, 0.05) is 5.75 Å². The summed E-state index contributed by atoms with van der Waals surface area (Å²) in [6.45, 7) is 13.3. The zero-order chi connectivity index (χ0) is 15.6. The van der Waals surface area contributed by atoms with Gasteiger partial charge >= 0.3 is 5.97 Å².